The Balaban J connectivity index is 1.26. The normalized spacial score (nSPS) is 11.6. The van der Waals surface area contributed by atoms with E-state index in [0.29, 0.717) is 123 Å². The fourth-order valence-electron chi connectivity index (χ4n) is 11.0. The number of rotatable bonds is 7. The monoisotopic (exact) mass is 1050 g/mol. The third-order valence-electron chi connectivity index (χ3n) is 14.5. The number of hydrogen-bond donors (Lipinski definition) is 0. The Kier molecular flexibility index (Phi) is 11.9. The molecule has 7 nitrogen and oxygen atoms in total. The van der Waals surface area contributed by atoms with Crippen molar-refractivity contribution in [2.75, 3.05) is 0 Å². The second-order valence-electron chi connectivity index (χ2n) is 19.0. The number of nitriles is 5. The third-order valence-corrected chi connectivity index (χ3v) is 14.5. The second kappa shape index (κ2) is 19.1. The van der Waals surface area contributed by atoms with E-state index in [1.807, 2.05) is 24.3 Å². The van der Waals surface area contributed by atoms with Gasteiger partial charge >= 0.3 is 12.4 Å². The standard InChI is InChI=1S/C67H33F6N7/c68-66(69,70)49-27-48(28-50(33-49)67(71,72)73)65-63(79-59-21-17-40(51-13-5-1-9-44(51)35-75)29-55(59)56-30-41(18-22-60(56)79)52-14-6-2-10-45(52)36-76)25-39(34-74)26-64(65)80-61-23-19-42(53-15-7-3-11-46(53)37-77)31-57(61)58-32-43(20-24-62(58)80)54-16-8-4-12-47(54)38-78/h1-33H. The van der Waals surface area contributed by atoms with Crippen LogP contribution < -0.4 is 0 Å². The lowest BCUT2D eigenvalue weighted by atomic mass is 9.94. The van der Waals surface area contributed by atoms with Crippen LogP contribution >= 0.6 is 0 Å². The van der Waals surface area contributed by atoms with Crippen molar-refractivity contribution in [2.45, 2.75) is 12.4 Å². The van der Waals surface area contributed by atoms with Crippen LogP contribution in [0.3, 0.4) is 0 Å². The Morgan fingerprint density at radius 1 is 0.300 bits per heavy atom. The number of alkyl halides is 6. The highest BCUT2D eigenvalue weighted by molar-refractivity contribution is 6.15. The zero-order valence-corrected chi connectivity index (χ0v) is 41.5. The van der Waals surface area contributed by atoms with Gasteiger partial charge in [-0.1, -0.05) is 97.1 Å². The first-order chi connectivity index (χ1) is 38.7. The molecule has 0 bridgehead atoms. The van der Waals surface area contributed by atoms with Crippen molar-refractivity contribution in [3.8, 4) is 97.4 Å². The van der Waals surface area contributed by atoms with E-state index in [4.69, 9.17) is 0 Å². The summed E-state index contributed by atoms with van der Waals surface area (Å²) in [4.78, 5) is 0. The third kappa shape index (κ3) is 8.30. The fraction of sp³-hybridized carbons (Fsp3) is 0.0299. The minimum atomic E-state index is -5.25. The Labute approximate surface area is 452 Å². The minimum Gasteiger partial charge on any atom is -0.308 e. The highest BCUT2D eigenvalue weighted by atomic mass is 19.4. The van der Waals surface area contributed by atoms with E-state index < -0.39 is 29.0 Å². The number of aromatic nitrogens is 2. The predicted molar refractivity (Wildman–Crippen MR) is 296 cm³/mol. The van der Waals surface area contributed by atoms with Crippen molar-refractivity contribution in [3.05, 3.63) is 239 Å². The Morgan fingerprint density at radius 2 is 0.588 bits per heavy atom. The van der Waals surface area contributed by atoms with Gasteiger partial charge in [-0.15, -0.1) is 0 Å². The van der Waals surface area contributed by atoms with Gasteiger partial charge in [0.1, 0.15) is 0 Å². The Bertz CT molecular complexity index is 4310. The fourth-order valence-corrected chi connectivity index (χ4v) is 11.0. The molecule has 0 aliphatic heterocycles. The van der Waals surface area contributed by atoms with E-state index in [2.05, 4.69) is 30.3 Å². The zero-order chi connectivity index (χ0) is 55.6. The van der Waals surface area contributed by atoms with Gasteiger partial charge in [-0.2, -0.15) is 52.7 Å². The van der Waals surface area contributed by atoms with Gasteiger partial charge in [-0.3, -0.25) is 0 Å². The van der Waals surface area contributed by atoms with E-state index in [9.17, 15) is 26.3 Å². The van der Waals surface area contributed by atoms with E-state index >= 15 is 26.3 Å². The number of fused-ring (bicyclic) bond motifs is 6. The summed E-state index contributed by atoms with van der Waals surface area (Å²) in [5.74, 6) is 0. The molecule has 0 saturated heterocycles. The molecule has 0 atom stereocenters. The minimum absolute atomic E-state index is 0.00467. The molecule has 0 N–H and O–H groups in total. The summed E-state index contributed by atoms with van der Waals surface area (Å²) in [5, 5.41) is 54.1. The first-order valence-corrected chi connectivity index (χ1v) is 24.7. The van der Waals surface area contributed by atoms with Crippen molar-refractivity contribution in [3.63, 3.8) is 0 Å². The first kappa shape index (κ1) is 49.7. The molecule has 2 heterocycles. The molecule has 13 heteroatoms. The van der Waals surface area contributed by atoms with Gasteiger partial charge in [-0.25, -0.2) is 0 Å². The molecular weight excluding hydrogens is 1020 g/mol. The van der Waals surface area contributed by atoms with Crippen LogP contribution in [0, 0.1) is 56.7 Å². The molecule has 0 amide bonds. The summed E-state index contributed by atoms with van der Waals surface area (Å²) in [6, 6.07) is 65.2. The quantitative estimate of drug-likeness (QED) is 0.147. The topological polar surface area (TPSA) is 129 Å². The predicted octanol–water partition coefficient (Wildman–Crippen LogP) is 17.6. The van der Waals surface area contributed by atoms with Crippen LogP contribution in [0.4, 0.5) is 26.3 Å². The average molecular weight is 1050 g/mol. The SMILES string of the molecule is N#Cc1cc(-n2c3ccc(-c4ccccc4C#N)cc3c3cc(-c4ccccc4C#N)ccc32)c(-c2cc(C(F)(F)F)cc(C(F)(F)F)c2)c(-n2c3ccc(-c4ccccc4C#N)cc3c3cc(-c4ccccc4C#N)ccc32)c1. The van der Waals surface area contributed by atoms with Crippen LogP contribution in [0.2, 0.25) is 0 Å². The van der Waals surface area contributed by atoms with Crippen LogP contribution in [0.15, 0.2) is 200 Å². The van der Waals surface area contributed by atoms with Gasteiger partial charge < -0.3 is 9.13 Å². The van der Waals surface area contributed by atoms with Crippen LogP contribution in [0.1, 0.15) is 38.9 Å². The zero-order valence-electron chi connectivity index (χ0n) is 41.5. The van der Waals surface area contributed by atoms with Crippen molar-refractivity contribution < 1.29 is 26.3 Å². The molecule has 80 heavy (non-hydrogen) atoms. The molecule has 0 fully saturated rings. The molecule has 378 valence electrons. The second-order valence-corrected chi connectivity index (χ2v) is 19.0. The molecule has 12 aromatic rings. The molecule has 0 aliphatic carbocycles. The van der Waals surface area contributed by atoms with Gasteiger partial charge in [0, 0.05) is 27.1 Å². The number of hydrogen-bond acceptors (Lipinski definition) is 5. The molecule has 0 unspecified atom stereocenters. The van der Waals surface area contributed by atoms with Crippen LogP contribution in [-0.4, -0.2) is 9.13 Å². The molecule has 0 radical (unpaired) electrons. The molecule has 0 saturated carbocycles. The van der Waals surface area contributed by atoms with Crippen molar-refractivity contribution in [2.24, 2.45) is 0 Å². The largest absolute Gasteiger partial charge is 0.416 e. The van der Waals surface area contributed by atoms with Crippen LogP contribution in [0.5, 0.6) is 0 Å². The lowest BCUT2D eigenvalue weighted by molar-refractivity contribution is -0.143. The maximum Gasteiger partial charge on any atom is 0.416 e. The lowest BCUT2D eigenvalue weighted by Crippen LogP contribution is -2.12. The molecular formula is C67H33F6N7. The molecule has 0 aliphatic rings. The summed E-state index contributed by atoms with van der Waals surface area (Å²) in [5.41, 5.74) is 4.67. The first-order valence-electron chi connectivity index (χ1n) is 24.7. The van der Waals surface area contributed by atoms with Gasteiger partial charge in [0.15, 0.2) is 0 Å². The molecule has 0 spiro atoms. The number of nitrogens with zero attached hydrogens (tertiary/aromatic N) is 7. The molecule has 2 aromatic heterocycles. The highest BCUT2D eigenvalue weighted by Gasteiger charge is 2.38. The van der Waals surface area contributed by atoms with Crippen molar-refractivity contribution >= 4 is 43.6 Å². The van der Waals surface area contributed by atoms with Gasteiger partial charge in [0.05, 0.1) is 103 Å². The van der Waals surface area contributed by atoms with E-state index in [0.717, 1.165) is 0 Å². The van der Waals surface area contributed by atoms with E-state index in [-0.39, 0.29) is 28.6 Å². The maximum absolute atomic E-state index is 15.2. The summed E-state index contributed by atoms with van der Waals surface area (Å²) < 4.78 is 94.5. The molecule has 12 rings (SSSR count). The Morgan fingerprint density at radius 3 is 0.850 bits per heavy atom. The van der Waals surface area contributed by atoms with Crippen LogP contribution in [0.25, 0.3) is 111 Å². The number of benzene rings is 10. The Hall–Kier alpha value is -11.2. The summed E-state index contributed by atoms with van der Waals surface area (Å²) in [6.07, 6.45) is -10.5. The van der Waals surface area contributed by atoms with E-state index in [1.165, 1.54) is 12.1 Å². The lowest BCUT2D eigenvalue weighted by Gasteiger charge is -2.22. The van der Waals surface area contributed by atoms with E-state index in [1.54, 1.807) is 155 Å². The smallest absolute Gasteiger partial charge is 0.308 e. The maximum atomic E-state index is 15.2. The highest BCUT2D eigenvalue weighted by Crippen LogP contribution is 2.48. The summed E-state index contributed by atoms with van der Waals surface area (Å²) in [6.45, 7) is 0. The average Bonchev–Trinajstić information content (AvgIpc) is 3.50. The van der Waals surface area contributed by atoms with Gasteiger partial charge in [0.25, 0.3) is 0 Å². The van der Waals surface area contributed by atoms with Gasteiger partial charge in [-0.05, 0) is 153 Å². The van der Waals surface area contributed by atoms with Crippen molar-refractivity contribution in [1.82, 2.24) is 9.13 Å². The van der Waals surface area contributed by atoms with Crippen molar-refractivity contribution in [1.29, 1.82) is 26.3 Å². The summed E-state index contributed by atoms with van der Waals surface area (Å²) in [7, 11) is 0. The van der Waals surface area contributed by atoms with Gasteiger partial charge in [0.2, 0.25) is 0 Å². The van der Waals surface area contributed by atoms with Crippen LogP contribution in [-0.2, 0) is 12.4 Å². The summed E-state index contributed by atoms with van der Waals surface area (Å²) >= 11 is 0. The number of halogens is 6. The molecule has 10 aromatic carbocycles.